The van der Waals surface area contributed by atoms with Gasteiger partial charge in [-0.2, -0.15) is 0 Å². The average molecular weight is 758 g/mol. The Labute approximate surface area is 317 Å². The Morgan fingerprint density at radius 2 is 1.06 bits per heavy atom. The zero-order valence-electron chi connectivity index (χ0n) is 32.9. The van der Waals surface area contributed by atoms with Crippen molar-refractivity contribution in [1.29, 1.82) is 0 Å². The van der Waals surface area contributed by atoms with Gasteiger partial charge in [0.1, 0.15) is 12.1 Å². The molecule has 0 spiro atoms. The summed E-state index contributed by atoms with van der Waals surface area (Å²) in [7, 11) is -4.62. The van der Waals surface area contributed by atoms with Gasteiger partial charge in [0.25, 0.3) is 0 Å². The number of carbonyl (C=O) groups excluding carboxylic acids is 1. The molecule has 0 aliphatic rings. The summed E-state index contributed by atoms with van der Waals surface area (Å²) in [6.45, 7) is 3.80. The van der Waals surface area contributed by atoms with E-state index in [4.69, 9.17) is 29.4 Å². The molecule has 10 nitrogen and oxygen atoms in total. The molecule has 0 aromatic rings. The fraction of sp³-hybridized carbons (Fsp3) is 0.805. The lowest BCUT2D eigenvalue weighted by molar-refractivity contribution is -0.154. The number of rotatable bonds is 39. The fourth-order valence-electron chi connectivity index (χ4n) is 5.39. The van der Waals surface area contributed by atoms with Crippen molar-refractivity contribution in [3.8, 4) is 0 Å². The summed E-state index contributed by atoms with van der Waals surface area (Å²) in [5, 5.41) is 8.88. The minimum atomic E-state index is -4.62. The van der Waals surface area contributed by atoms with Gasteiger partial charge in [-0.25, -0.2) is 4.57 Å². The van der Waals surface area contributed by atoms with E-state index in [1.165, 1.54) is 83.5 Å². The number of carbonyl (C=O) groups is 2. The van der Waals surface area contributed by atoms with Crippen LogP contribution in [0.2, 0.25) is 0 Å². The molecule has 0 amide bonds. The van der Waals surface area contributed by atoms with Crippen molar-refractivity contribution in [2.24, 2.45) is 5.73 Å². The molecule has 0 aliphatic carbocycles. The number of phosphoric acid groups is 1. The van der Waals surface area contributed by atoms with Crippen molar-refractivity contribution in [2.45, 2.75) is 187 Å². The van der Waals surface area contributed by atoms with Gasteiger partial charge >= 0.3 is 19.8 Å². The third-order valence-corrected chi connectivity index (χ3v) is 9.59. The molecule has 0 saturated heterocycles. The van der Waals surface area contributed by atoms with Crippen LogP contribution in [0.1, 0.15) is 174 Å². The second-order valence-electron chi connectivity index (χ2n) is 13.8. The van der Waals surface area contributed by atoms with Crippen molar-refractivity contribution in [1.82, 2.24) is 0 Å². The number of carboxylic acid groups (broad SMARTS) is 1. The molecular weight excluding hydrogens is 681 g/mol. The van der Waals surface area contributed by atoms with Gasteiger partial charge in [-0.3, -0.25) is 18.6 Å². The highest BCUT2D eigenvalue weighted by Crippen LogP contribution is 2.43. The third-order valence-electron chi connectivity index (χ3n) is 8.64. The molecule has 0 heterocycles. The van der Waals surface area contributed by atoms with E-state index >= 15 is 0 Å². The van der Waals surface area contributed by atoms with Crippen LogP contribution in [0.25, 0.3) is 0 Å². The molecule has 0 aromatic heterocycles. The molecule has 0 radical (unpaired) electrons. The lowest BCUT2D eigenvalue weighted by atomic mass is 10.1. The van der Waals surface area contributed by atoms with Gasteiger partial charge in [0.15, 0.2) is 0 Å². The van der Waals surface area contributed by atoms with Crippen molar-refractivity contribution < 1.29 is 42.7 Å². The number of hydrogen-bond donors (Lipinski definition) is 3. The minimum absolute atomic E-state index is 0.00685. The first kappa shape index (κ1) is 50.2. The molecule has 4 N–H and O–H groups in total. The molecule has 11 heteroatoms. The quantitative estimate of drug-likeness (QED) is 0.0239. The van der Waals surface area contributed by atoms with E-state index in [0.29, 0.717) is 13.0 Å². The van der Waals surface area contributed by atoms with E-state index < -0.39 is 45.1 Å². The van der Waals surface area contributed by atoms with Crippen molar-refractivity contribution in [2.75, 3.05) is 26.4 Å². The number of carboxylic acids is 1. The molecule has 3 unspecified atom stereocenters. The summed E-state index contributed by atoms with van der Waals surface area (Å²) < 4.78 is 33.3. The van der Waals surface area contributed by atoms with Crippen LogP contribution in [0.15, 0.2) is 36.5 Å². The Morgan fingerprint density at radius 1 is 0.615 bits per heavy atom. The summed E-state index contributed by atoms with van der Waals surface area (Å²) in [6, 6.07) is -1.48. The lowest BCUT2D eigenvalue weighted by Crippen LogP contribution is -2.34. The van der Waals surface area contributed by atoms with Gasteiger partial charge in [0, 0.05) is 13.0 Å². The van der Waals surface area contributed by atoms with Crippen LogP contribution in [0.3, 0.4) is 0 Å². The van der Waals surface area contributed by atoms with E-state index in [0.717, 1.165) is 64.2 Å². The summed E-state index contributed by atoms with van der Waals surface area (Å²) in [5.41, 5.74) is 5.34. The third kappa shape index (κ3) is 36.5. The minimum Gasteiger partial charge on any atom is -0.480 e. The zero-order valence-corrected chi connectivity index (χ0v) is 33.8. The van der Waals surface area contributed by atoms with Crippen LogP contribution >= 0.6 is 7.82 Å². The molecular formula is C41H76NO9P. The highest BCUT2D eigenvalue weighted by atomic mass is 31.2. The number of aliphatic carboxylic acids is 1. The van der Waals surface area contributed by atoms with Crippen molar-refractivity contribution in [3.63, 3.8) is 0 Å². The fourth-order valence-corrected chi connectivity index (χ4v) is 6.17. The number of hydrogen-bond acceptors (Lipinski definition) is 8. The Morgan fingerprint density at radius 3 is 1.62 bits per heavy atom. The molecule has 3 atom stereocenters. The van der Waals surface area contributed by atoms with E-state index in [-0.39, 0.29) is 13.0 Å². The Balaban J connectivity index is 4.30. The second-order valence-corrected chi connectivity index (χ2v) is 15.2. The van der Waals surface area contributed by atoms with Gasteiger partial charge in [0.2, 0.25) is 0 Å². The van der Waals surface area contributed by atoms with E-state index in [2.05, 4.69) is 50.3 Å². The molecule has 0 rings (SSSR count). The smallest absolute Gasteiger partial charge is 0.472 e. The first-order valence-electron chi connectivity index (χ1n) is 20.5. The number of allylic oxidation sites excluding steroid dienone is 6. The van der Waals surface area contributed by atoms with Crippen LogP contribution in [-0.2, 0) is 32.7 Å². The van der Waals surface area contributed by atoms with E-state index in [1.807, 2.05) is 0 Å². The first-order valence-corrected chi connectivity index (χ1v) is 22.0. The monoisotopic (exact) mass is 758 g/mol. The Kier molecular flexibility index (Phi) is 36.2. The Hall–Kier alpha value is -1.81. The normalized spacial score (nSPS) is 14.4. The highest BCUT2D eigenvalue weighted by Gasteiger charge is 2.27. The molecule has 0 bridgehead atoms. The number of phosphoric ester groups is 1. The van der Waals surface area contributed by atoms with Gasteiger partial charge in [0.05, 0.1) is 19.8 Å². The largest absolute Gasteiger partial charge is 0.480 e. The molecule has 304 valence electrons. The van der Waals surface area contributed by atoms with Gasteiger partial charge in [-0.15, -0.1) is 0 Å². The topological polar surface area (TPSA) is 155 Å². The van der Waals surface area contributed by atoms with Crippen LogP contribution in [0.4, 0.5) is 0 Å². The van der Waals surface area contributed by atoms with E-state index in [9.17, 15) is 19.0 Å². The summed E-state index contributed by atoms with van der Waals surface area (Å²) >= 11 is 0. The number of nitrogens with two attached hydrogens (primary N) is 1. The predicted octanol–water partition coefficient (Wildman–Crippen LogP) is 10.9. The van der Waals surface area contributed by atoms with Gasteiger partial charge in [-0.1, -0.05) is 134 Å². The standard InChI is InChI=1S/C41H76NO9P/c1-3-5-7-9-11-13-15-17-19-20-22-24-26-28-30-32-34-48-35-38(36-49-52(46,47)50-37-39(42)41(44)45)51-40(43)33-31-29-27-25-23-21-18-16-14-12-10-8-6-4-2/h11,13,16-19,38-39H,3-10,12,14-15,20-37,42H2,1-2H3,(H,44,45)(H,46,47)/b13-11-,18-16-,19-17-. The van der Waals surface area contributed by atoms with Crippen LogP contribution in [-0.4, -0.2) is 60.5 Å². The Bertz CT molecular complexity index is 972. The zero-order chi connectivity index (χ0) is 38.4. The molecule has 0 fully saturated rings. The molecule has 0 aliphatic heterocycles. The maximum absolute atomic E-state index is 12.6. The number of ether oxygens (including phenoxy) is 2. The van der Waals surface area contributed by atoms with Gasteiger partial charge < -0.3 is 25.2 Å². The lowest BCUT2D eigenvalue weighted by Gasteiger charge is -2.20. The SMILES string of the molecule is CCCCC/C=C\C/C=C\CCCCCCCCOCC(COP(=O)(O)OCC(N)C(=O)O)OC(=O)CCCCCCC/C=C\CCCCCCC. The van der Waals surface area contributed by atoms with Crippen LogP contribution < -0.4 is 5.73 Å². The number of esters is 1. The number of unbranched alkanes of at least 4 members (excludes halogenated alkanes) is 19. The summed E-state index contributed by atoms with van der Waals surface area (Å²) in [6.07, 6.45) is 40.5. The molecule has 52 heavy (non-hydrogen) atoms. The van der Waals surface area contributed by atoms with Gasteiger partial charge in [-0.05, 0) is 70.6 Å². The highest BCUT2D eigenvalue weighted by molar-refractivity contribution is 7.47. The van der Waals surface area contributed by atoms with Crippen LogP contribution in [0, 0.1) is 0 Å². The summed E-state index contributed by atoms with van der Waals surface area (Å²) in [5.74, 6) is -1.79. The second kappa shape index (κ2) is 37.5. The van der Waals surface area contributed by atoms with E-state index in [1.54, 1.807) is 0 Å². The predicted molar refractivity (Wildman–Crippen MR) is 212 cm³/mol. The first-order chi connectivity index (χ1) is 25.2. The van der Waals surface area contributed by atoms with Crippen molar-refractivity contribution in [3.05, 3.63) is 36.5 Å². The maximum atomic E-state index is 12.6. The molecule has 0 saturated carbocycles. The van der Waals surface area contributed by atoms with Crippen molar-refractivity contribution >= 4 is 19.8 Å². The maximum Gasteiger partial charge on any atom is 0.472 e. The average Bonchev–Trinajstić information content (AvgIpc) is 3.12. The summed E-state index contributed by atoms with van der Waals surface area (Å²) in [4.78, 5) is 33.4. The molecule has 0 aromatic carbocycles. The van der Waals surface area contributed by atoms with Crippen LogP contribution in [0.5, 0.6) is 0 Å².